The molecule has 5 heteroatoms. The van der Waals surface area contributed by atoms with E-state index in [1.165, 1.54) is 25.1 Å². The van der Waals surface area contributed by atoms with Gasteiger partial charge in [0.2, 0.25) is 0 Å². The second-order valence-electron chi connectivity index (χ2n) is 5.70. The highest BCUT2D eigenvalue weighted by atomic mass is 35.5. The number of piperazine rings is 1. The van der Waals surface area contributed by atoms with Crippen LogP contribution in [0, 0.1) is 0 Å². The first-order valence-corrected chi connectivity index (χ1v) is 8.09. The van der Waals surface area contributed by atoms with Crippen molar-refractivity contribution < 1.29 is 0 Å². The molecule has 0 amide bonds. The highest BCUT2D eigenvalue weighted by Gasteiger charge is 2.28. The van der Waals surface area contributed by atoms with Crippen molar-refractivity contribution in [1.29, 1.82) is 0 Å². The van der Waals surface area contributed by atoms with E-state index in [9.17, 15) is 0 Å². The lowest BCUT2D eigenvalue weighted by Crippen LogP contribution is -2.49. The van der Waals surface area contributed by atoms with Gasteiger partial charge in [-0.05, 0) is 24.1 Å². The normalized spacial score (nSPS) is 25.2. The van der Waals surface area contributed by atoms with Gasteiger partial charge in [0.25, 0.3) is 0 Å². The molecule has 1 aromatic carbocycles. The van der Waals surface area contributed by atoms with Crippen molar-refractivity contribution in [2.24, 2.45) is 0 Å². The third kappa shape index (κ3) is 3.46. The minimum absolute atomic E-state index is 0.707. The topological polar surface area (TPSA) is 18.5 Å². The number of hydrogen-bond acceptors (Lipinski definition) is 3. The molecule has 1 aromatic rings. The maximum absolute atomic E-state index is 6.26. The fourth-order valence-electron chi connectivity index (χ4n) is 3.19. The molecule has 1 N–H and O–H groups in total. The van der Waals surface area contributed by atoms with Gasteiger partial charge in [-0.2, -0.15) is 0 Å². The third-order valence-electron chi connectivity index (χ3n) is 4.32. The molecule has 0 radical (unpaired) electrons. The van der Waals surface area contributed by atoms with Crippen LogP contribution >= 0.6 is 23.2 Å². The summed E-state index contributed by atoms with van der Waals surface area (Å²) in [6, 6.07) is 6.51. The molecular weight excluding hydrogens is 293 g/mol. The van der Waals surface area contributed by atoms with Crippen LogP contribution in [0.3, 0.4) is 0 Å². The Labute approximate surface area is 130 Å². The van der Waals surface area contributed by atoms with Gasteiger partial charge in [-0.25, -0.2) is 0 Å². The van der Waals surface area contributed by atoms with Crippen LogP contribution in [0.25, 0.3) is 0 Å². The summed E-state index contributed by atoms with van der Waals surface area (Å²) >= 11 is 12.2. The van der Waals surface area contributed by atoms with Crippen LogP contribution in [0.5, 0.6) is 0 Å². The number of benzene rings is 1. The highest BCUT2D eigenvalue weighted by Crippen LogP contribution is 2.24. The first-order valence-electron chi connectivity index (χ1n) is 7.33. The monoisotopic (exact) mass is 313 g/mol. The van der Waals surface area contributed by atoms with Crippen LogP contribution < -0.4 is 5.32 Å². The van der Waals surface area contributed by atoms with E-state index >= 15 is 0 Å². The molecule has 2 aliphatic heterocycles. The number of nitrogens with zero attached hydrogens (tertiary/aromatic N) is 2. The smallest absolute Gasteiger partial charge is 0.0465 e. The Kier molecular flexibility index (Phi) is 4.84. The Bertz CT molecular complexity index is 460. The van der Waals surface area contributed by atoms with Gasteiger partial charge in [0, 0.05) is 61.9 Å². The highest BCUT2D eigenvalue weighted by molar-refractivity contribution is 6.35. The van der Waals surface area contributed by atoms with Crippen molar-refractivity contribution in [1.82, 2.24) is 15.1 Å². The molecule has 1 atom stereocenters. The van der Waals surface area contributed by atoms with E-state index in [0.29, 0.717) is 11.1 Å². The van der Waals surface area contributed by atoms with E-state index < -0.39 is 0 Å². The van der Waals surface area contributed by atoms with Crippen molar-refractivity contribution >= 4 is 23.2 Å². The van der Waals surface area contributed by atoms with Crippen molar-refractivity contribution in [3.8, 4) is 0 Å². The fraction of sp³-hybridized carbons (Fsp3) is 0.600. The molecule has 20 heavy (non-hydrogen) atoms. The third-order valence-corrected chi connectivity index (χ3v) is 4.91. The lowest BCUT2D eigenvalue weighted by molar-refractivity contribution is 0.170. The standard InChI is InChI=1S/C15H21Cl2N3/c16-13-2-1-12(15(17)9-13)10-19-6-3-14(11-19)20-7-4-18-5-8-20/h1-2,9,14,18H,3-8,10-11H2. The summed E-state index contributed by atoms with van der Waals surface area (Å²) in [4.78, 5) is 5.13. The number of nitrogens with one attached hydrogen (secondary N) is 1. The maximum Gasteiger partial charge on any atom is 0.0465 e. The quantitative estimate of drug-likeness (QED) is 0.925. The Hall–Kier alpha value is -0.320. The van der Waals surface area contributed by atoms with E-state index in [1.807, 2.05) is 18.2 Å². The van der Waals surface area contributed by atoms with E-state index in [0.717, 1.165) is 37.7 Å². The van der Waals surface area contributed by atoms with Gasteiger partial charge in [-0.1, -0.05) is 29.3 Å². The number of halogens is 2. The van der Waals surface area contributed by atoms with E-state index in [1.54, 1.807) is 0 Å². The minimum Gasteiger partial charge on any atom is -0.314 e. The largest absolute Gasteiger partial charge is 0.314 e. The molecule has 0 saturated carbocycles. The molecule has 1 unspecified atom stereocenters. The fourth-order valence-corrected chi connectivity index (χ4v) is 3.66. The zero-order chi connectivity index (χ0) is 13.9. The first-order chi connectivity index (χ1) is 9.72. The molecule has 3 rings (SSSR count). The Morgan fingerprint density at radius 1 is 1.15 bits per heavy atom. The van der Waals surface area contributed by atoms with Gasteiger partial charge < -0.3 is 5.32 Å². The Balaban J connectivity index is 1.57. The molecular formula is C15H21Cl2N3. The molecule has 0 spiro atoms. The summed E-state index contributed by atoms with van der Waals surface area (Å²) in [5.74, 6) is 0. The summed E-state index contributed by atoms with van der Waals surface area (Å²) in [5.41, 5.74) is 1.18. The van der Waals surface area contributed by atoms with Crippen LogP contribution in [0.1, 0.15) is 12.0 Å². The summed E-state index contributed by atoms with van der Waals surface area (Å²) in [6.45, 7) is 7.85. The maximum atomic E-state index is 6.26. The second-order valence-corrected chi connectivity index (χ2v) is 6.54. The van der Waals surface area contributed by atoms with E-state index in [4.69, 9.17) is 23.2 Å². The van der Waals surface area contributed by atoms with Crippen LogP contribution in [0.15, 0.2) is 18.2 Å². The van der Waals surface area contributed by atoms with Crippen molar-refractivity contribution in [2.45, 2.75) is 19.0 Å². The molecule has 2 saturated heterocycles. The summed E-state index contributed by atoms with van der Waals surface area (Å²) in [6.07, 6.45) is 1.27. The van der Waals surface area contributed by atoms with Crippen molar-refractivity contribution in [2.75, 3.05) is 39.3 Å². The molecule has 0 aliphatic carbocycles. The van der Waals surface area contributed by atoms with E-state index in [-0.39, 0.29) is 0 Å². The molecule has 3 nitrogen and oxygen atoms in total. The van der Waals surface area contributed by atoms with Gasteiger partial charge in [-0.15, -0.1) is 0 Å². The SMILES string of the molecule is Clc1ccc(CN2CCC(N3CCNCC3)C2)c(Cl)c1. The summed E-state index contributed by atoms with van der Waals surface area (Å²) < 4.78 is 0. The molecule has 2 heterocycles. The number of hydrogen-bond donors (Lipinski definition) is 1. The lowest BCUT2D eigenvalue weighted by atomic mass is 10.2. The molecule has 0 aromatic heterocycles. The zero-order valence-electron chi connectivity index (χ0n) is 11.6. The first kappa shape index (κ1) is 14.6. The van der Waals surface area contributed by atoms with Gasteiger partial charge in [0.15, 0.2) is 0 Å². The summed E-state index contributed by atoms with van der Waals surface area (Å²) in [7, 11) is 0. The molecule has 0 bridgehead atoms. The lowest BCUT2D eigenvalue weighted by Gasteiger charge is -2.32. The average molecular weight is 314 g/mol. The number of rotatable bonds is 3. The minimum atomic E-state index is 0.707. The molecule has 2 fully saturated rings. The van der Waals surface area contributed by atoms with Crippen LogP contribution in [-0.2, 0) is 6.54 Å². The summed E-state index contributed by atoms with van der Waals surface area (Å²) in [5, 5.41) is 4.90. The van der Waals surface area contributed by atoms with Crippen molar-refractivity contribution in [3.05, 3.63) is 33.8 Å². The van der Waals surface area contributed by atoms with E-state index in [2.05, 4.69) is 15.1 Å². The van der Waals surface area contributed by atoms with Crippen LogP contribution in [0.2, 0.25) is 10.0 Å². The van der Waals surface area contributed by atoms with Gasteiger partial charge in [0.05, 0.1) is 0 Å². The van der Waals surface area contributed by atoms with Crippen LogP contribution in [-0.4, -0.2) is 55.1 Å². The molecule has 2 aliphatic rings. The Morgan fingerprint density at radius 2 is 1.95 bits per heavy atom. The zero-order valence-corrected chi connectivity index (χ0v) is 13.1. The Morgan fingerprint density at radius 3 is 2.70 bits per heavy atom. The molecule has 110 valence electrons. The average Bonchev–Trinajstić information content (AvgIpc) is 2.92. The van der Waals surface area contributed by atoms with Gasteiger partial charge in [0.1, 0.15) is 0 Å². The van der Waals surface area contributed by atoms with Crippen LogP contribution in [0.4, 0.5) is 0 Å². The van der Waals surface area contributed by atoms with Crippen molar-refractivity contribution in [3.63, 3.8) is 0 Å². The predicted octanol–water partition coefficient (Wildman–Crippen LogP) is 2.47. The van der Waals surface area contributed by atoms with Gasteiger partial charge in [-0.3, -0.25) is 9.80 Å². The van der Waals surface area contributed by atoms with Gasteiger partial charge >= 0.3 is 0 Å². The number of likely N-dealkylation sites (tertiary alicyclic amines) is 1. The predicted molar refractivity (Wildman–Crippen MR) is 84.6 cm³/mol. The second kappa shape index (κ2) is 6.63.